The molecule has 0 unspecified atom stereocenters. The van der Waals surface area contributed by atoms with Gasteiger partial charge in [-0.1, -0.05) is 6.07 Å². The topological polar surface area (TPSA) is 70.5 Å². The number of carbonyl (C=O) groups excluding carboxylic acids is 1. The van der Waals surface area contributed by atoms with E-state index in [1.807, 2.05) is 0 Å². The number of ketones is 1. The highest BCUT2D eigenvalue weighted by atomic mass is 16.5. The van der Waals surface area contributed by atoms with Gasteiger partial charge in [0.2, 0.25) is 5.88 Å². The van der Waals surface area contributed by atoms with Crippen molar-refractivity contribution in [3.05, 3.63) is 41.9 Å². The van der Waals surface area contributed by atoms with E-state index in [1.165, 1.54) is 27.7 Å². The van der Waals surface area contributed by atoms with E-state index >= 15 is 0 Å². The molecule has 0 aliphatic heterocycles. The van der Waals surface area contributed by atoms with Gasteiger partial charge in [0.05, 0.1) is 33.4 Å². The molecule has 0 radical (unpaired) electrons. The molecule has 1 heterocycles. The van der Waals surface area contributed by atoms with Crippen molar-refractivity contribution >= 4 is 5.78 Å². The summed E-state index contributed by atoms with van der Waals surface area (Å²) in [6, 6.07) is 6.83. The van der Waals surface area contributed by atoms with Crippen molar-refractivity contribution in [3.63, 3.8) is 0 Å². The molecule has 0 aliphatic rings. The van der Waals surface area contributed by atoms with Crippen LogP contribution in [0.25, 0.3) is 0 Å². The number of aromatic nitrogens is 2. The zero-order chi connectivity index (χ0) is 15.2. The van der Waals surface area contributed by atoms with Gasteiger partial charge in [-0.25, -0.2) is 9.97 Å². The highest BCUT2D eigenvalue weighted by molar-refractivity contribution is 6.02. The molecular formula is C15H16N2O4. The minimum Gasteiger partial charge on any atom is -0.496 e. The van der Waals surface area contributed by atoms with Gasteiger partial charge >= 0.3 is 0 Å². The number of Topliss-reactive ketones (excluding diaryl/α,β-unsaturated/α-hetero) is 1. The Bertz CT molecular complexity index is 621. The number of nitrogens with zero attached hydrogens (tertiary/aromatic N) is 2. The van der Waals surface area contributed by atoms with Gasteiger partial charge in [-0.15, -0.1) is 0 Å². The maximum Gasteiger partial charge on any atom is 0.216 e. The van der Waals surface area contributed by atoms with Crippen molar-refractivity contribution in [1.29, 1.82) is 0 Å². The molecule has 1 aromatic heterocycles. The largest absolute Gasteiger partial charge is 0.496 e. The van der Waals surface area contributed by atoms with Crippen LogP contribution in [-0.4, -0.2) is 37.1 Å². The van der Waals surface area contributed by atoms with Crippen molar-refractivity contribution in [2.75, 3.05) is 21.3 Å². The molecule has 1 aromatic carbocycles. The fourth-order valence-electron chi connectivity index (χ4n) is 1.96. The third kappa shape index (κ3) is 3.28. The van der Waals surface area contributed by atoms with E-state index in [9.17, 15) is 4.79 Å². The first kappa shape index (κ1) is 14.8. The van der Waals surface area contributed by atoms with E-state index in [4.69, 9.17) is 14.2 Å². The van der Waals surface area contributed by atoms with Gasteiger partial charge in [0.25, 0.3) is 0 Å². The zero-order valence-electron chi connectivity index (χ0n) is 12.1. The maximum atomic E-state index is 12.5. The number of methoxy groups -OCH3 is 3. The standard InChI is InChI=1S/C15H16N2O4/c1-19-12-5-4-6-13(20-2)15(12)11(18)7-10-8-14(21-3)17-9-16-10/h4-6,8-9H,7H2,1-3H3. The number of hydrogen-bond acceptors (Lipinski definition) is 6. The average molecular weight is 288 g/mol. The molecule has 0 amide bonds. The Morgan fingerprint density at radius 2 is 1.71 bits per heavy atom. The molecular weight excluding hydrogens is 272 g/mol. The fraction of sp³-hybridized carbons (Fsp3) is 0.267. The third-order valence-electron chi connectivity index (χ3n) is 2.96. The van der Waals surface area contributed by atoms with E-state index in [1.54, 1.807) is 24.3 Å². The normalized spacial score (nSPS) is 10.0. The Hall–Kier alpha value is -2.63. The Kier molecular flexibility index (Phi) is 4.71. The predicted octanol–water partition coefficient (Wildman–Crippen LogP) is 1.93. The van der Waals surface area contributed by atoms with Gasteiger partial charge < -0.3 is 14.2 Å². The molecule has 0 N–H and O–H groups in total. The number of hydrogen-bond donors (Lipinski definition) is 0. The van der Waals surface area contributed by atoms with Crippen LogP contribution in [0.5, 0.6) is 17.4 Å². The average Bonchev–Trinajstić information content (AvgIpc) is 2.53. The second-order valence-electron chi connectivity index (χ2n) is 4.19. The molecule has 0 saturated carbocycles. The Morgan fingerprint density at radius 3 is 2.29 bits per heavy atom. The third-order valence-corrected chi connectivity index (χ3v) is 2.96. The molecule has 2 rings (SSSR count). The van der Waals surface area contributed by atoms with Crippen LogP contribution < -0.4 is 14.2 Å². The molecule has 0 aliphatic carbocycles. The van der Waals surface area contributed by atoms with Crippen molar-refractivity contribution in [2.45, 2.75) is 6.42 Å². The van der Waals surface area contributed by atoms with Crippen LogP contribution in [-0.2, 0) is 6.42 Å². The van der Waals surface area contributed by atoms with Gasteiger partial charge in [0.1, 0.15) is 23.4 Å². The summed E-state index contributed by atoms with van der Waals surface area (Å²) in [5.41, 5.74) is 0.972. The summed E-state index contributed by atoms with van der Waals surface area (Å²) >= 11 is 0. The smallest absolute Gasteiger partial charge is 0.216 e. The van der Waals surface area contributed by atoms with Gasteiger partial charge in [-0.3, -0.25) is 4.79 Å². The summed E-state index contributed by atoms with van der Waals surface area (Å²) < 4.78 is 15.5. The summed E-state index contributed by atoms with van der Waals surface area (Å²) in [6.45, 7) is 0. The van der Waals surface area contributed by atoms with Gasteiger partial charge in [-0.05, 0) is 12.1 Å². The summed E-state index contributed by atoms with van der Waals surface area (Å²) in [7, 11) is 4.54. The summed E-state index contributed by atoms with van der Waals surface area (Å²) in [5, 5.41) is 0. The fourth-order valence-corrected chi connectivity index (χ4v) is 1.96. The second kappa shape index (κ2) is 6.69. The van der Waals surface area contributed by atoms with Crippen LogP contribution in [0.1, 0.15) is 16.1 Å². The van der Waals surface area contributed by atoms with Crippen molar-refractivity contribution in [3.8, 4) is 17.4 Å². The lowest BCUT2D eigenvalue weighted by Crippen LogP contribution is -2.09. The monoisotopic (exact) mass is 288 g/mol. The van der Waals surface area contributed by atoms with Gasteiger partial charge in [0, 0.05) is 6.07 Å². The summed E-state index contributed by atoms with van der Waals surface area (Å²) in [5.74, 6) is 1.21. The number of carbonyl (C=O) groups is 1. The van der Waals surface area contributed by atoms with Crippen LogP contribution in [0.15, 0.2) is 30.6 Å². The minimum atomic E-state index is -0.148. The molecule has 21 heavy (non-hydrogen) atoms. The highest BCUT2D eigenvalue weighted by Crippen LogP contribution is 2.29. The van der Waals surface area contributed by atoms with Crippen LogP contribution in [0.3, 0.4) is 0 Å². The molecule has 110 valence electrons. The molecule has 0 atom stereocenters. The quantitative estimate of drug-likeness (QED) is 0.756. The molecule has 6 heteroatoms. The van der Waals surface area contributed by atoms with Crippen molar-refractivity contribution in [1.82, 2.24) is 9.97 Å². The number of ether oxygens (including phenoxy) is 3. The first-order valence-corrected chi connectivity index (χ1v) is 6.28. The zero-order valence-corrected chi connectivity index (χ0v) is 12.1. The molecule has 0 saturated heterocycles. The Labute approximate surface area is 122 Å². The SMILES string of the molecule is COc1cc(CC(=O)c2c(OC)cccc2OC)ncn1. The molecule has 0 fully saturated rings. The molecule has 2 aromatic rings. The highest BCUT2D eigenvalue weighted by Gasteiger charge is 2.19. The van der Waals surface area contributed by atoms with Crippen LogP contribution in [0, 0.1) is 0 Å². The summed E-state index contributed by atoms with van der Waals surface area (Å²) in [4.78, 5) is 20.5. The Balaban J connectivity index is 2.31. The van der Waals surface area contributed by atoms with Crippen LogP contribution in [0.4, 0.5) is 0 Å². The van der Waals surface area contributed by atoms with E-state index in [0.717, 1.165) is 0 Å². The van der Waals surface area contributed by atoms with Crippen molar-refractivity contribution in [2.24, 2.45) is 0 Å². The number of rotatable bonds is 6. The first-order chi connectivity index (χ1) is 10.2. The predicted molar refractivity (Wildman–Crippen MR) is 76.2 cm³/mol. The summed E-state index contributed by atoms with van der Waals surface area (Å²) in [6.07, 6.45) is 1.47. The second-order valence-corrected chi connectivity index (χ2v) is 4.19. The Morgan fingerprint density at radius 1 is 1.05 bits per heavy atom. The molecule has 0 bridgehead atoms. The maximum absolute atomic E-state index is 12.5. The minimum absolute atomic E-state index is 0.107. The van der Waals surface area contributed by atoms with E-state index in [-0.39, 0.29) is 12.2 Å². The number of benzene rings is 1. The van der Waals surface area contributed by atoms with Crippen LogP contribution >= 0.6 is 0 Å². The van der Waals surface area contributed by atoms with Gasteiger partial charge in [0.15, 0.2) is 5.78 Å². The lowest BCUT2D eigenvalue weighted by atomic mass is 10.0. The van der Waals surface area contributed by atoms with Gasteiger partial charge in [-0.2, -0.15) is 0 Å². The lowest BCUT2D eigenvalue weighted by Gasteiger charge is -2.11. The van der Waals surface area contributed by atoms with E-state index < -0.39 is 0 Å². The molecule has 0 spiro atoms. The first-order valence-electron chi connectivity index (χ1n) is 6.28. The van der Waals surface area contributed by atoms with Crippen molar-refractivity contribution < 1.29 is 19.0 Å². The van der Waals surface area contributed by atoms with E-state index in [2.05, 4.69) is 9.97 Å². The molecule has 6 nitrogen and oxygen atoms in total. The lowest BCUT2D eigenvalue weighted by molar-refractivity contribution is 0.0986. The van der Waals surface area contributed by atoms with E-state index in [0.29, 0.717) is 28.6 Å². The van der Waals surface area contributed by atoms with Crippen LogP contribution in [0.2, 0.25) is 0 Å².